The second kappa shape index (κ2) is 6.41. The molecular weight excluding hydrogens is 280 g/mol. The first-order valence-corrected chi connectivity index (χ1v) is 8.29. The molecule has 1 aliphatic heterocycles. The number of hydrogen-bond donors (Lipinski definition) is 1. The van der Waals surface area contributed by atoms with Gasteiger partial charge in [0, 0.05) is 23.7 Å². The number of carbonyl (C=O) groups is 1. The molecule has 0 saturated carbocycles. The number of nitrogens with zero attached hydrogens (tertiary/aromatic N) is 1. The molecule has 0 aliphatic carbocycles. The minimum absolute atomic E-state index is 0.0783. The first kappa shape index (κ1) is 14.3. The van der Waals surface area contributed by atoms with Gasteiger partial charge in [0.1, 0.15) is 0 Å². The van der Waals surface area contributed by atoms with Crippen molar-refractivity contribution in [2.75, 3.05) is 18.4 Å². The summed E-state index contributed by atoms with van der Waals surface area (Å²) >= 11 is 1.83. The molecule has 0 spiro atoms. The Morgan fingerprint density at radius 2 is 2.19 bits per heavy atom. The molecule has 2 aromatic rings. The van der Waals surface area contributed by atoms with Gasteiger partial charge in [0.05, 0.1) is 6.54 Å². The van der Waals surface area contributed by atoms with Crippen LogP contribution < -0.4 is 5.32 Å². The second-order valence-electron chi connectivity index (χ2n) is 5.39. The van der Waals surface area contributed by atoms with E-state index in [9.17, 15) is 4.79 Å². The lowest BCUT2D eigenvalue weighted by Crippen LogP contribution is -2.36. The molecule has 1 aromatic heterocycles. The van der Waals surface area contributed by atoms with Gasteiger partial charge < -0.3 is 5.32 Å². The van der Waals surface area contributed by atoms with Crippen LogP contribution in [-0.2, 0) is 24.2 Å². The van der Waals surface area contributed by atoms with Gasteiger partial charge in [-0.15, -0.1) is 11.3 Å². The summed E-state index contributed by atoms with van der Waals surface area (Å²) < 4.78 is 0. The van der Waals surface area contributed by atoms with Crippen molar-refractivity contribution < 1.29 is 4.79 Å². The maximum Gasteiger partial charge on any atom is 0.238 e. The Balaban J connectivity index is 1.60. The SMILES string of the molecule is CCc1ccccc1NC(=O)CN1CCc2sccc2C1. The largest absolute Gasteiger partial charge is 0.325 e. The molecule has 0 radical (unpaired) electrons. The Morgan fingerprint density at radius 3 is 3.05 bits per heavy atom. The minimum Gasteiger partial charge on any atom is -0.325 e. The number of para-hydroxylation sites is 1. The molecular formula is C17H20N2OS. The van der Waals surface area contributed by atoms with Crippen LogP contribution in [0.15, 0.2) is 35.7 Å². The molecule has 21 heavy (non-hydrogen) atoms. The monoisotopic (exact) mass is 300 g/mol. The zero-order valence-electron chi connectivity index (χ0n) is 12.3. The van der Waals surface area contributed by atoms with E-state index in [1.807, 2.05) is 29.5 Å². The third-order valence-electron chi connectivity index (χ3n) is 3.93. The smallest absolute Gasteiger partial charge is 0.238 e. The van der Waals surface area contributed by atoms with Crippen LogP contribution >= 0.6 is 11.3 Å². The normalized spacial score (nSPS) is 14.7. The quantitative estimate of drug-likeness (QED) is 0.939. The van der Waals surface area contributed by atoms with E-state index in [4.69, 9.17) is 0 Å². The number of thiophene rings is 1. The van der Waals surface area contributed by atoms with Crippen LogP contribution in [0.4, 0.5) is 5.69 Å². The number of benzene rings is 1. The topological polar surface area (TPSA) is 32.3 Å². The molecule has 4 heteroatoms. The van der Waals surface area contributed by atoms with Gasteiger partial charge in [-0.25, -0.2) is 0 Å². The summed E-state index contributed by atoms with van der Waals surface area (Å²) in [5, 5.41) is 5.19. The molecule has 2 heterocycles. The van der Waals surface area contributed by atoms with Gasteiger partial charge >= 0.3 is 0 Å². The highest BCUT2D eigenvalue weighted by Crippen LogP contribution is 2.24. The molecule has 3 nitrogen and oxygen atoms in total. The molecule has 1 aliphatic rings. The molecule has 0 atom stereocenters. The van der Waals surface area contributed by atoms with E-state index in [1.165, 1.54) is 16.0 Å². The summed E-state index contributed by atoms with van der Waals surface area (Å²) in [6.45, 7) is 4.43. The highest BCUT2D eigenvalue weighted by atomic mass is 32.1. The van der Waals surface area contributed by atoms with Crippen LogP contribution in [0.1, 0.15) is 22.9 Å². The van der Waals surface area contributed by atoms with Gasteiger partial charge in [-0.05, 0) is 41.5 Å². The van der Waals surface area contributed by atoms with E-state index in [1.54, 1.807) is 0 Å². The van der Waals surface area contributed by atoms with Crippen LogP contribution in [0.5, 0.6) is 0 Å². The van der Waals surface area contributed by atoms with Gasteiger partial charge in [-0.1, -0.05) is 25.1 Å². The van der Waals surface area contributed by atoms with Gasteiger partial charge in [-0.2, -0.15) is 0 Å². The summed E-state index contributed by atoms with van der Waals surface area (Å²) in [7, 11) is 0. The molecule has 1 amide bonds. The summed E-state index contributed by atoms with van der Waals surface area (Å²) in [5.74, 6) is 0.0783. The van der Waals surface area contributed by atoms with Crippen LogP contribution in [0, 0.1) is 0 Å². The first-order valence-electron chi connectivity index (χ1n) is 7.41. The molecule has 110 valence electrons. The Labute approximate surface area is 129 Å². The summed E-state index contributed by atoms with van der Waals surface area (Å²) in [4.78, 5) is 15.9. The second-order valence-corrected chi connectivity index (χ2v) is 6.39. The number of aryl methyl sites for hydroxylation is 1. The van der Waals surface area contributed by atoms with Crippen molar-refractivity contribution in [3.8, 4) is 0 Å². The highest BCUT2D eigenvalue weighted by molar-refractivity contribution is 7.10. The van der Waals surface area contributed by atoms with E-state index in [0.29, 0.717) is 6.54 Å². The lowest BCUT2D eigenvalue weighted by molar-refractivity contribution is -0.117. The predicted molar refractivity (Wildman–Crippen MR) is 87.7 cm³/mol. The summed E-state index contributed by atoms with van der Waals surface area (Å²) in [6, 6.07) is 10.2. The van der Waals surface area contributed by atoms with Gasteiger partial charge in [0.2, 0.25) is 5.91 Å². The molecule has 0 fully saturated rings. The maximum atomic E-state index is 12.2. The zero-order chi connectivity index (χ0) is 14.7. The summed E-state index contributed by atoms with van der Waals surface area (Å²) in [6.07, 6.45) is 1.99. The Hall–Kier alpha value is -1.65. The predicted octanol–water partition coefficient (Wildman–Crippen LogP) is 3.31. The molecule has 0 saturated heterocycles. The van der Waals surface area contributed by atoms with E-state index in [2.05, 4.69) is 34.7 Å². The number of fused-ring (bicyclic) bond motifs is 1. The van der Waals surface area contributed by atoms with Crippen molar-refractivity contribution in [1.29, 1.82) is 0 Å². The third kappa shape index (κ3) is 3.34. The fourth-order valence-electron chi connectivity index (χ4n) is 2.79. The van der Waals surface area contributed by atoms with Gasteiger partial charge in [0.25, 0.3) is 0 Å². The van der Waals surface area contributed by atoms with Crippen molar-refractivity contribution in [3.63, 3.8) is 0 Å². The van der Waals surface area contributed by atoms with E-state index >= 15 is 0 Å². The minimum atomic E-state index is 0.0783. The van der Waals surface area contributed by atoms with Crippen molar-refractivity contribution >= 4 is 22.9 Å². The fourth-order valence-corrected chi connectivity index (χ4v) is 3.67. The average Bonchev–Trinajstić information content (AvgIpc) is 2.95. The van der Waals surface area contributed by atoms with Crippen LogP contribution in [-0.4, -0.2) is 23.9 Å². The Kier molecular flexibility index (Phi) is 4.36. The summed E-state index contributed by atoms with van der Waals surface area (Å²) in [5.41, 5.74) is 3.51. The van der Waals surface area contributed by atoms with Crippen molar-refractivity contribution in [2.24, 2.45) is 0 Å². The number of nitrogens with one attached hydrogen (secondary N) is 1. The molecule has 1 N–H and O–H groups in total. The number of anilines is 1. The van der Waals surface area contributed by atoms with E-state index < -0.39 is 0 Å². The van der Waals surface area contributed by atoms with Crippen molar-refractivity contribution in [1.82, 2.24) is 4.90 Å². The zero-order valence-corrected chi connectivity index (χ0v) is 13.1. The number of carbonyl (C=O) groups excluding carboxylic acids is 1. The molecule has 0 bridgehead atoms. The van der Waals surface area contributed by atoms with Crippen molar-refractivity contribution in [3.05, 3.63) is 51.7 Å². The number of amides is 1. The van der Waals surface area contributed by atoms with Crippen LogP contribution in [0.25, 0.3) is 0 Å². The third-order valence-corrected chi connectivity index (χ3v) is 4.95. The van der Waals surface area contributed by atoms with E-state index in [-0.39, 0.29) is 5.91 Å². The fraction of sp³-hybridized carbons (Fsp3) is 0.353. The maximum absolute atomic E-state index is 12.2. The average molecular weight is 300 g/mol. The Morgan fingerprint density at radius 1 is 1.33 bits per heavy atom. The Bertz CT molecular complexity index is 635. The molecule has 0 unspecified atom stereocenters. The highest BCUT2D eigenvalue weighted by Gasteiger charge is 2.19. The number of hydrogen-bond acceptors (Lipinski definition) is 3. The van der Waals surface area contributed by atoms with Crippen LogP contribution in [0.3, 0.4) is 0 Å². The number of rotatable bonds is 4. The van der Waals surface area contributed by atoms with Crippen LogP contribution in [0.2, 0.25) is 0 Å². The van der Waals surface area contributed by atoms with Crippen molar-refractivity contribution in [2.45, 2.75) is 26.3 Å². The molecule has 1 aromatic carbocycles. The first-order chi connectivity index (χ1) is 10.3. The van der Waals surface area contributed by atoms with E-state index in [0.717, 1.165) is 31.6 Å². The molecule has 3 rings (SSSR count). The lowest BCUT2D eigenvalue weighted by Gasteiger charge is -2.26. The lowest BCUT2D eigenvalue weighted by atomic mass is 10.1. The van der Waals surface area contributed by atoms with Gasteiger partial charge in [0.15, 0.2) is 0 Å². The van der Waals surface area contributed by atoms with Gasteiger partial charge in [-0.3, -0.25) is 9.69 Å². The standard InChI is InChI=1S/C17H20N2OS/c1-2-13-5-3-4-6-15(13)18-17(20)12-19-9-7-16-14(11-19)8-10-21-16/h3-6,8,10H,2,7,9,11-12H2,1H3,(H,18,20).